The Kier molecular flexibility index (Phi) is 5.92. The predicted molar refractivity (Wildman–Crippen MR) is 59.0 cm³/mol. The van der Waals surface area contributed by atoms with Crippen LogP contribution in [0.3, 0.4) is 0 Å². The average molecular weight is 201 g/mol. The Balaban J connectivity index is 4.07. The summed E-state index contributed by atoms with van der Waals surface area (Å²) in [5, 5.41) is 3.00. The van der Waals surface area contributed by atoms with Crippen LogP contribution < -0.4 is 16.8 Å². The standard InChI is InChI=1S/C10H23N3O/c1-10(2,12)9(14)8(13-3)6-4-5-7-11/h8,13H,4-7,11-12H2,1-3H3. The van der Waals surface area contributed by atoms with Crippen molar-refractivity contribution in [1.29, 1.82) is 0 Å². The molecule has 0 radical (unpaired) electrons. The first-order chi connectivity index (χ1) is 6.43. The first-order valence-electron chi connectivity index (χ1n) is 5.14. The molecule has 0 rings (SSSR count). The topological polar surface area (TPSA) is 81.1 Å². The van der Waals surface area contributed by atoms with Gasteiger partial charge in [0.05, 0.1) is 11.6 Å². The Labute approximate surface area is 86.4 Å². The third-order valence-electron chi connectivity index (χ3n) is 2.25. The lowest BCUT2D eigenvalue weighted by Crippen LogP contribution is -2.51. The number of hydrogen-bond acceptors (Lipinski definition) is 4. The minimum absolute atomic E-state index is 0.0667. The molecule has 0 aromatic rings. The zero-order valence-electron chi connectivity index (χ0n) is 9.47. The summed E-state index contributed by atoms with van der Waals surface area (Å²) in [6.45, 7) is 4.15. The Morgan fingerprint density at radius 3 is 2.36 bits per heavy atom. The van der Waals surface area contributed by atoms with Crippen LogP contribution in [0.25, 0.3) is 0 Å². The van der Waals surface area contributed by atoms with Gasteiger partial charge in [-0.1, -0.05) is 6.42 Å². The van der Waals surface area contributed by atoms with Crippen LogP contribution in [0.5, 0.6) is 0 Å². The van der Waals surface area contributed by atoms with E-state index in [1.165, 1.54) is 0 Å². The highest BCUT2D eigenvalue weighted by Gasteiger charge is 2.28. The van der Waals surface area contributed by atoms with Gasteiger partial charge in [-0.15, -0.1) is 0 Å². The normalized spacial score (nSPS) is 14.1. The van der Waals surface area contributed by atoms with Gasteiger partial charge in [-0.05, 0) is 40.3 Å². The first-order valence-corrected chi connectivity index (χ1v) is 5.14. The molecule has 4 nitrogen and oxygen atoms in total. The number of ketones is 1. The fraction of sp³-hybridized carbons (Fsp3) is 0.900. The first kappa shape index (κ1) is 13.5. The smallest absolute Gasteiger partial charge is 0.168 e. The maximum atomic E-state index is 11.8. The second-order valence-electron chi connectivity index (χ2n) is 4.21. The number of rotatable bonds is 7. The van der Waals surface area contributed by atoms with Gasteiger partial charge >= 0.3 is 0 Å². The van der Waals surface area contributed by atoms with Crippen LogP contribution >= 0.6 is 0 Å². The summed E-state index contributed by atoms with van der Waals surface area (Å²) < 4.78 is 0. The SMILES string of the molecule is CNC(CCCCN)C(=O)C(C)(C)N. The number of hydrogen-bond donors (Lipinski definition) is 3. The molecule has 0 heterocycles. The highest BCUT2D eigenvalue weighted by Crippen LogP contribution is 2.08. The van der Waals surface area contributed by atoms with E-state index in [0.717, 1.165) is 19.3 Å². The summed E-state index contributed by atoms with van der Waals surface area (Å²) >= 11 is 0. The van der Waals surface area contributed by atoms with Crippen LogP contribution in [0.1, 0.15) is 33.1 Å². The van der Waals surface area contributed by atoms with Gasteiger partial charge in [0.1, 0.15) is 0 Å². The van der Waals surface area contributed by atoms with Crippen LogP contribution in [0, 0.1) is 0 Å². The average Bonchev–Trinajstić information content (AvgIpc) is 2.10. The van der Waals surface area contributed by atoms with Crippen molar-refractivity contribution >= 4 is 5.78 Å². The molecule has 0 spiro atoms. The number of likely N-dealkylation sites (N-methyl/N-ethyl adjacent to an activating group) is 1. The monoisotopic (exact) mass is 201 g/mol. The molecule has 4 heteroatoms. The van der Waals surface area contributed by atoms with Gasteiger partial charge in [-0.2, -0.15) is 0 Å². The Morgan fingerprint density at radius 1 is 1.43 bits per heavy atom. The summed E-state index contributed by atoms with van der Waals surface area (Å²) in [4.78, 5) is 11.8. The fourth-order valence-electron chi connectivity index (χ4n) is 1.35. The molecule has 0 aliphatic heterocycles. The lowest BCUT2D eigenvalue weighted by Gasteiger charge is -2.24. The maximum Gasteiger partial charge on any atom is 0.168 e. The highest BCUT2D eigenvalue weighted by atomic mass is 16.1. The van der Waals surface area contributed by atoms with Crippen molar-refractivity contribution in [3.05, 3.63) is 0 Å². The van der Waals surface area contributed by atoms with Crippen LogP contribution in [0.4, 0.5) is 0 Å². The zero-order valence-corrected chi connectivity index (χ0v) is 9.47. The summed E-state index contributed by atoms with van der Waals surface area (Å²) in [5.41, 5.74) is 10.4. The molecule has 0 aliphatic rings. The summed E-state index contributed by atoms with van der Waals surface area (Å²) in [6, 6.07) is -0.137. The lowest BCUT2D eigenvalue weighted by molar-refractivity contribution is -0.125. The molecule has 0 amide bonds. The van der Waals surface area contributed by atoms with Crippen molar-refractivity contribution in [3.63, 3.8) is 0 Å². The maximum absolute atomic E-state index is 11.8. The predicted octanol–water partition coefficient (Wildman–Crippen LogP) is 0.00980. The van der Waals surface area contributed by atoms with Crippen molar-refractivity contribution in [3.8, 4) is 0 Å². The molecule has 0 bridgehead atoms. The molecule has 84 valence electrons. The van der Waals surface area contributed by atoms with E-state index >= 15 is 0 Å². The van der Waals surface area contributed by atoms with Gasteiger partial charge in [-0.3, -0.25) is 4.79 Å². The molecular formula is C10H23N3O. The van der Waals surface area contributed by atoms with Crippen molar-refractivity contribution in [2.45, 2.75) is 44.7 Å². The van der Waals surface area contributed by atoms with Gasteiger partial charge in [0, 0.05) is 0 Å². The number of nitrogens with one attached hydrogen (secondary N) is 1. The number of unbranched alkanes of at least 4 members (excludes halogenated alkanes) is 1. The van der Waals surface area contributed by atoms with E-state index in [4.69, 9.17) is 11.5 Å². The van der Waals surface area contributed by atoms with E-state index in [0.29, 0.717) is 6.54 Å². The van der Waals surface area contributed by atoms with E-state index in [1.54, 1.807) is 20.9 Å². The number of carbonyl (C=O) groups is 1. The third-order valence-corrected chi connectivity index (χ3v) is 2.25. The van der Waals surface area contributed by atoms with Crippen molar-refractivity contribution in [1.82, 2.24) is 5.32 Å². The third kappa shape index (κ3) is 4.69. The van der Waals surface area contributed by atoms with Crippen LogP contribution in [-0.2, 0) is 4.79 Å². The molecule has 1 unspecified atom stereocenters. The molecular weight excluding hydrogens is 178 g/mol. The Morgan fingerprint density at radius 2 is 2.00 bits per heavy atom. The van der Waals surface area contributed by atoms with E-state index in [-0.39, 0.29) is 11.8 Å². The van der Waals surface area contributed by atoms with Crippen molar-refractivity contribution in [2.75, 3.05) is 13.6 Å². The van der Waals surface area contributed by atoms with E-state index in [1.807, 2.05) is 0 Å². The molecule has 0 fully saturated rings. The summed E-state index contributed by atoms with van der Waals surface area (Å²) in [7, 11) is 1.79. The largest absolute Gasteiger partial charge is 0.330 e. The number of Topliss-reactive ketones (excluding diaryl/α,β-unsaturated/α-hetero) is 1. The quantitative estimate of drug-likeness (QED) is 0.507. The van der Waals surface area contributed by atoms with E-state index < -0.39 is 5.54 Å². The Bertz CT molecular complexity index is 175. The van der Waals surface area contributed by atoms with Gasteiger partial charge < -0.3 is 16.8 Å². The lowest BCUT2D eigenvalue weighted by atomic mass is 9.92. The Hall–Kier alpha value is -0.450. The van der Waals surface area contributed by atoms with E-state index in [2.05, 4.69) is 5.32 Å². The second kappa shape index (κ2) is 6.11. The van der Waals surface area contributed by atoms with E-state index in [9.17, 15) is 4.79 Å². The molecule has 1 atom stereocenters. The van der Waals surface area contributed by atoms with Gasteiger partial charge in [0.15, 0.2) is 5.78 Å². The molecule has 0 aliphatic carbocycles. The van der Waals surface area contributed by atoms with Crippen molar-refractivity contribution in [2.24, 2.45) is 11.5 Å². The molecule has 0 aromatic heterocycles. The summed E-state index contributed by atoms with van der Waals surface area (Å²) in [5.74, 6) is 0.0667. The van der Waals surface area contributed by atoms with Crippen LogP contribution in [0.2, 0.25) is 0 Å². The molecule has 14 heavy (non-hydrogen) atoms. The fourth-order valence-corrected chi connectivity index (χ4v) is 1.35. The molecule has 5 N–H and O–H groups in total. The van der Waals surface area contributed by atoms with Gasteiger partial charge in [-0.25, -0.2) is 0 Å². The highest BCUT2D eigenvalue weighted by molar-refractivity contribution is 5.91. The zero-order chi connectivity index (χ0) is 11.2. The molecule has 0 saturated carbocycles. The minimum atomic E-state index is -0.754. The van der Waals surface area contributed by atoms with Crippen molar-refractivity contribution < 1.29 is 4.79 Å². The van der Waals surface area contributed by atoms with Crippen LogP contribution in [0.15, 0.2) is 0 Å². The minimum Gasteiger partial charge on any atom is -0.330 e. The molecule has 0 saturated heterocycles. The van der Waals surface area contributed by atoms with Gasteiger partial charge in [0.2, 0.25) is 0 Å². The number of carbonyl (C=O) groups excluding carboxylic acids is 1. The van der Waals surface area contributed by atoms with Gasteiger partial charge in [0.25, 0.3) is 0 Å². The summed E-state index contributed by atoms with van der Waals surface area (Å²) in [6.07, 6.45) is 2.73. The molecule has 0 aromatic carbocycles. The number of nitrogens with two attached hydrogens (primary N) is 2. The van der Waals surface area contributed by atoms with Crippen LogP contribution in [-0.4, -0.2) is 31.0 Å². The second-order valence-corrected chi connectivity index (χ2v) is 4.21.